The molecule has 0 unspecified atom stereocenters. The third-order valence-corrected chi connectivity index (χ3v) is 1.90. The van der Waals surface area contributed by atoms with Crippen molar-refractivity contribution < 1.29 is 31.1 Å². The van der Waals surface area contributed by atoms with Gasteiger partial charge in [0.05, 0.1) is 0 Å². The Morgan fingerprint density at radius 2 is 2.00 bits per heavy atom. The van der Waals surface area contributed by atoms with Gasteiger partial charge in [-0.25, -0.2) is 0 Å². The van der Waals surface area contributed by atoms with Crippen molar-refractivity contribution >= 4 is 0 Å². The summed E-state index contributed by atoms with van der Waals surface area (Å²) in [4.78, 5) is 0. The van der Waals surface area contributed by atoms with Crippen molar-refractivity contribution in [1.29, 1.82) is 0 Å². The largest absolute Gasteiger partial charge is 0.665 e. The van der Waals surface area contributed by atoms with Gasteiger partial charge in [0.1, 0.15) is 0 Å². The summed E-state index contributed by atoms with van der Waals surface area (Å²) in [5.74, 6) is 0.872. The molecule has 2 nitrogen and oxygen atoms in total. The standard InChI is InChI=1S/C7H15N2.U/c1-8-6-7-2-4-9-5-3-7;/h7,9H,2-6H2,1H3;/q-1;. The fraction of sp³-hybridized carbons (Fsp3) is 1.00. The minimum Gasteiger partial charge on any atom is -0.665 e. The van der Waals surface area contributed by atoms with Crippen molar-refractivity contribution in [3.63, 3.8) is 0 Å². The van der Waals surface area contributed by atoms with Crippen LogP contribution >= 0.6 is 0 Å². The van der Waals surface area contributed by atoms with Gasteiger partial charge in [-0.1, -0.05) is 5.92 Å². The molecule has 1 aliphatic heterocycles. The van der Waals surface area contributed by atoms with E-state index in [1.54, 1.807) is 0 Å². The maximum atomic E-state index is 4.13. The second kappa shape index (κ2) is 6.67. The molecular weight excluding hydrogens is 350 g/mol. The molecule has 0 spiro atoms. The van der Waals surface area contributed by atoms with Gasteiger partial charge in [-0.05, 0) is 25.9 Å². The molecule has 1 heterocycles. The quantitative estimate of drug-likeness (QED) is 0.776. The van der Waals surface area contributed by atoms with E-state index < -0.39 is 0 Å². The Bertz CT molecular complexity index is 69.3. The zero-order valence-corrected chi connectivity index (χ0v) is 10.7. The topological polar surface area (TPSA) is 26.1 Å². The third kappa shape index (κ3) is 3.98. The van der Waals surface area contributed by atoms with E-state index in [1.165, 1.54) is 25.9 Å². The Kier molecular flexibility index (Phi) is 7.32. The van der Waals surface area contributed by atoms with Crippen LogP contribution in [0.5, 0.6) is 0 Å². The van der Waals surface area contributed by atoms with E-state index in [0.717, 1.165) is 12.5 Å². The fourth-order valence-corrected chi connectivity index (χ4v) is 1.32. The molecule has 0 bridgehead atoms. The monoisotopic (exact) mass is 365 g/mol. The SMILES string of the molecule is C[N-]CC1CCNCC1.[U]. The van der Waals surface area contributed by atoms with Gasteiger partial charge >= 0.3 is 0 Å². The number of hydrogen-bond donors (Lipinski definition) is 1. The molecule has 0 atom stereocenters. The van der Waals surface area contributed by atoms with E-state index in [-0.39, 0.29) is 31.1 Å². The third-order valence-electron chi connectivity index (χ3n) is 1.90. The Balaban J connectivity index is 0.000000810. The van der Waals surface area contributed by atoms with Crippen LogP contribution in [0.15, 0.2) is 0 Å². The summed E-state index contributed by atoms with van der Waals surface area (Å²) in [5.41, 5.74) is 0. The second-order valence-corrected chi connectivity index (χ2v) is 2.69. The molecule has 0 aliphatic carbocycles. The van der Waals surface area contributed by atoms with Gasteiger partial charge < -0.3 is 10.6 Å². The molecule has 58 valence electrons. The van der Waals surface area contributed by atoms with E-state index in [9.17, 15) is 0 Å². The molecule has 3 heteroatoms. The van der Waals surface area contributed by atoms with Crippen LogP contribution < -0.4 is 5.32 Å². The zero-order valence-electron chi connectivity index (χ0n) is 6.56. The molecule has 0 amide bonds. The van der Waals surface area contributed by atoms with Crippen molar-refractivity contribution in [2.24, 2.45) is 5.92 Å². The second-order valence-electron chi connectivity index (χ2n) is 2.69. The van der Waals surface area contributed by atoms with Crippen LogP contribution in [0.25, 0.3) is 5.32 Å². The first-order valence-electron chi connectivity index (χ1n) is 3.70. The van der Waals surface area contributed by atoms with Gasteiger partial charge in [-0.2, -0.15) is 7.05 Å². The molecule has 1 fully saturated rings. The molecule has 0 aromatic carbocycles. The Morgan fingerprint density at radius 3 is 2.50 bits per heavy atom. The predicted molar refractivity (Wildman–Crippen MR) is 39.7 cm³/mol. The first kappa shape index (κ1) is 11.0. The van der Waals surface area contributed by atoms with Crippen molar-refractivity contribution in [1.82, 2.24) is 5.32 Å². The first-order valence-corrected chi connectivity index (χ1v) is 3.70. The molecule has 0 aromatic heterocycles. The molecule has 10 heavy (non-hydrogen) atoms. The van der Waals surface area contributed by atoms with Crippen LogP contribution in [0.1, 0.15) is 12.8 Å². The summed E-state index contributed by atoms with van der Waals surface area (Å²) in [7, 11) is 1.90. The fourth-order valence-electron chi connectivity index (χ4n) is 1.32. The van der Waals surface area contributed by atoms with E-state index in [1.807, 2.05) is 7.05 Å². The van der Waals surface area contributed by atoms with Gasteiger partial charge in [0.2, 0.25) is 0 Å². The Hall–Kier alpha value is 0.972. The van der Waals surface area contributed by atoms with E-state index in [2.05, 4.69) is 10.6 Å². The minimum atomic E-state index is 0. The molecule has 0 saturated carbocycles. The molecule has 0 aromatic rings. The van der Waals surface area contributed by atoms with E-state index >= 15 is 0 Å². The zero-order chi connectivity index (χ0) is 6.53. The first-order chi connectivity index (χ1) is 4.43. The summed E-state index contributed by atoms with van der Waals surface area (Å²) >= 11 is 0. The number of piperidine rings is 1. The summed E-state index contributed by atoms with van der Waals surface area (Å²) in [6.07, 6.45) is 2.63. The van der Waals surface area contributed by atoms with Crippen molar-refractivity contribution in [3.8, 4) is 0 Å². The minimum absolute atomic E-state index is 0. The number of rotatable bonds is 2. The van der Waals surface area contributed by atoms with E-state index in [4.69, 9.17) is 0 Å². The summed E-state index contributed by atoms with van der Waals surface area (Å²) < 4.78 is 0. The van der Waals surface area contributed by atoms with Gasteiger partial charge in [0.15, 0.2) is 0 Å². The average Bonchev–Trinajstić information content (AvgIpc) is 1.91. The van der Waals surface area contributed by atoms with Crippen LogP contribution in [-0.2, 0) is 0 Å². The molecule has 1 aliphatic rings. The Labute approximate surface area is 86.9 Å². The number of nitrogens with zero attached hydrogens (tertiary/aromatic N) is 1. The normalized spacial score (nSPS) is 20.1. The van der Waals surface area contributed by atoms with E-state index in [0.29, 0.717) is 0 Å². The van der Waals surface area contributed by atoms with Crippen LogP contribution in [0.2, 0.25) is 0 Å². The van der Waals surface area contributed by atoms with Gasteiger partial charge in [-0.3, -0.25) is 0 Å². The average molecular weight is 365 g/mol. The molecule has 0 radical (unpaired) electrons. The number of nitrogens with one attached hydrogen (secondary N) is 1. The molecule has 1 rings (SSSR count). The smallest absolute Gasteiger partial charge is 0 e. The van der Waals surface area contributed by atoms with Gasteiger partial charge in [0.25, 0.3) is 0 Å². The maximum Gasteiger partial charge on any atom is 0 e. The molecular formula is C7H15N2U-. The Morgan fingerprint density at radius 1 is 1.40 bits per heavy atom. The van der Waals surface area contributed by atoms with Crippen molar-refractivity contribution in [3.05, 3.63) is 5.32 Å². The van der Waals surface area contributed by atoms with Crippen LogP contribution in [0, 0.1) is 37.0 Å². The summed E-state index contributed by atoms with van der Waals surface area (Å²) in [6, 6.07) is 0. The van der Waals surface area contributed by atoms with Crippen molar-refractivity contribution in [2.45, 2.75) is 12.8 Å². The van der Waals surface area contributed by atoms with Gasteiger partial charge in [0, 0.05) is 31.1 Å². The van der Waals surface area contributed by atoms with Gasteiger partial charge in [-0.15, -0.1) is 6.54 Å². The maximum absolute atomic E-state index is 4.13. The van der Waals surface area contributed by atoms with Crippen LogP contribution in [0.3, 0.4) is 0 Å². The van der Waals surface area contributed by atoms with Crippen molar-refractivity contribution in [2.75, 3.05) is 26.7 Å². The molecule has 1 saturated heterocycles. The summed E-state index contributed by atoms with van der Waals surface area (Å²) in [5, 5.41) is 7.46. The molecule has 1 N–H and O–H groups in total. The van der Waals surface area contributed by atoms with Crippen LogP contribution in [-0.4, -0.2) is 26.7 Å². The predicted octanol–water partition coefficient (Wildman–Crippen LogP) is 0.990. The summed E-state index contributed by atoms with van der Waals surface area (Å²) in [6.45, 7) is 3.46. The van der Waals surface area contributed by atoms with Crippen LogP contribution in [0.4, 0.5) is 0 Å². The number of hydrogen-bond acceptors (Lipinski definition) is 1.